The van der Waals surface area contributed by atoms with E-state index in [2.05, 4.69) is 36.0 Å². The molecule has 0 spiro atoms. The summed E-state index contributed by atoms with van der Waals surface area (Å²) < 4.78 is 5.39. The van der Waals surface area contributed by atoms with Gasteiger partial charge in [-0.2, -0.15) is 0 Å². The fourth-order valence-corrected chi connectivity index (χ4v) is 2.18. The number of pyridine rings is 1. The van der Waals surface area contributed by atoms with Gasteiger partial charge in [0.2, 0.25) is 0 Å². The molecule has 1 aromatic rings. The fourth-order valence-electron chi connectivity index (χ4n) is 2.18. The Hall–Kier alpha value is -1.29. The van der Waals surface area contributed by atoms with Crippen LogP contribution in [0.1, 0.15) is 27.7 Å². The Labute approximate surface area is 109 Å². The van der Waals surface area contributed by atoms with Gasteiger partial charge in [-0.3, -0.25) is 0 Å². The molecule has 100 valence electrons. The van der Waals surface area contributed by atoms with Gasteiger partial charge in [-0.15, -0.1) is 0 Å². The van der Waals surface area contributed by atoms with Crippen molar-refractivity contribution in [1.82, 2.24) is 10.3 Å². The van der Waals surface area contributed by atoms with Crippen LogP contribution in [0, 0.1) is 0 Å². The molecule has 1 aromatic heterocycles. The predicted molar refractivity (Wildman–Crippen MR) is 74.3 cm³/mol. The van der Waals surface area contributed by atoms with E-state index in [0.29, 0.717) is 12.6 Å². The highest BCUT2D eigenvalue weighted by Gasteiger charge is 2.30. The lowest BCUT2D eigenvalue weighted by Crippen LogP contribution is -2.62. The maximum absolute atomic E-state index is 5.39. The normalized spacial score (nSPS) is 16.6. The first-order valence-corrected chi connectivity index (χ1v) is 6.59. The van der Waals surface area contributed by atoms with Crippen molar-refractivity contribution in [2.75, 3.05) is 24.6 Å². The molecule has 0 aromatic carbocycles. The van der Waals surface area contributed by atoms with Gasteiger partial charge >= 0.3 is 0 Å². The zero-order valence-corrected chi connectivity index (χ0v) is 11.7. The highest BCUT2D eigenvalue weighted by atomic mass is 16.5. The van der Waals surface area contributed by atoms with Crippen molar-refractivity contribution in [3.05, 3.63) is 18.3 Å². The number of hydrogen-bond acceptors (Lipinski definition) is 4. The summed E-state index contributed by atoms with van der Waals surface area (Å²) >= 11 is 0. The summed E-state index contributed by atoms with van der Waals surface area (Å²) in [6, 6.07) is 4.58. The molecule has 0 unspecified atom stereocenters. The van der Waals surface area contributed by atoms with Crippen LogP contribution in [0.4, 0.5) is 5.82 Å². The Balaban J connectivity index is 1.84. The largest absolute Gasteiger partial charge is 0.492 e. The van der Waals surface area contributed by atoms with Crippen molar-refractivity contribution in [3.8, 4) is 5.75 Å². The minimum absolute atomic E-state index is 0.184. The molecule has 0 saturated carbocycles. The minimum Gasteiger partial charge on any atom is -0.492 e. The van der Waals surface area contributed by atoms with Gasteiger partial charge in [-0.1, -0.05) is 0 Å². The number of nitrogens with zero attached hydrogens (tertiary/aromatic N) is 2. The van der Waals surface area contributed by atoms with E-state index in [1.54, 1.807) is 6.20 Å². The smallest absolute Gasteiger partial charge is 0.137 e. The summed E-state index contributed by atoms with van der Waals surface area (Å²) in [4.78, 5) is 6.70. The Morgan fingerprint density at radius 2 is 2.11 bits per heavy atom. The van der Waals surface area contributed by atoms with Crippen molar-refractivity contribution in [1.29, 1.82) is 0 Å². The van der Waals surface area contributed by atoms with E-state index in [4.69, 9.17) is 4.74 Å². The van der Waals surface area contributed by atoms with Crippen LogP contribution in [-0.2, 0) is 0 Å². The number of hydrogen-bond donors (Lipinski definition) is 1. The van der Waals surface area contributed by atoms with E-state index in [9.17, 15) is 0 Å². The highest BCUT2D eigenvalue weighted by molar-refractivity contribution is 5.44. The van der Waals surface area contributed by atoms with Crippen molar-refractivity contribution in [2.45, 2.75) is 39.3 Å². The van der Waals surface area contributed by atoms with Gasteiger partial charge in [0.25, 0.3) is 0 Å². The molecular formula is C14H23N3O. The molecule has 1 N–H and O–H groups in total. The van der Waals surface area contributed by atoms with Crippen LogP contribution in [0.25, 0.3) is 0 Å². The van der Waals surface area contributed by atoms with Crippen molar-refractivity contribution >= 4 is 5.82 Å². The number of aromatic nitrogens is 1. The van der Waals surface area contributed by atoms with E-state index >= 15 is 0 Å². The Morgan fingerprint density at radius 3 is 2.61 bits per heavy atom. The van der Waals surface area contributed by atoms with Crippen LogP contribution in [0.3, 0.4) is 0 Å². The standard InChI is InChI=1S/C14H23N3O/c1-5-18-12-6-7-13(15-8-12)17-9-11(10-17)16-14(2,3)4/h6-8,11,16H,5,9-10H2,1-4H3. The molecule has 0 radical (unpaired) electrons. The van der Waals surface area contributed by atoms with Gasteiger partial charge in [0.15, 0.2) is 0 Å². The zero-order chi connectivity index (χ0) is 13.2. The number of ether oxygens (including phenoxy) is 1. The average molecular weight is 249 g/mol. The first kappa shape index (κ1) is 13.1. The average Bonchev–Trinajstić information content (AvgIpc) is 2.23. The van der Waals surface area contributed by atoms with Crippen LogP contribution in [0.15, 0.2) is 18.3 Å². The van der Waals surface area contributed by atoms with Gasteiger partial charge in [0.05, 0.1) is 12.8 Å². The quantitative estimate of drug-likeness (QED) is 0.886. The summed E-state index contributed by atoms with van der Waals surface area (Å²) in [5.41, 5.74) is 0.184. The summed E-state index contributed by atoms with van der Waals surface area (Å²) in [7, 11) is 0. The van der Waals surface area contributed by atoms with E-state index in [1.807, 2.05) is 19.1 Å². The summed E-state index contributed by atoms with van der Waals surface area (Å²) in [5.74, 6) is 1.87. The molecule has 1 aliphatic heterocycles. The van der Waals surface area contributed by atoms with Gasteiger partial charge in [-0.05, 0) is 39.8 Å². The first-order chi connectivity index (χ1) is 8.48. The Kier molecular flexibility index (Phi) is 3.76. The third-order valence-electron chi connectivity index (χ3n) is 2.87. The molecule has 2 heterocycles. The van der Waals surface area contributed by atoms with Crippen LogP contribution in [-0.4, -0.2) is 36.3 Å². The lowest BCUT2D eigenvalue weighted by molar-refractivity contribution is 0.314. The lowest BCUT2D eigenvalue weighted by atomic mass is 10.0. The van der Waals surface area contributed by atoms with E-state index in [0.717, 1.165) is 24.7 Å². The molecule has 4 nitrogen and oxygen atoms in total. The van der Waals surface area contributed by atoms with Crippen LogP contribution >= 0.6 is 0 Å². The molecule has 1 aliphatic rings. The van der Waals surface area contributed by atoms with Crippen LogP contribution in [0.2, 0.25) is 0 Å². The molecule has 2 rings (SSSR count). The van der Waals surface area contributed by atoms with Gasteiger partial charge in [-0.25, -0.2) is 4.98 Å². The molecule has 1 saturated heterocycles. The number of anilines is 1. The van der Waals surface area contributed by atoms with E-state index < -0.39 is 0 Å². The van der Waals surface area contributed by atoms with Crippen molar-refractivity contribution in [3.63, 3.8) is 0 Å². The molecule has 1 fully saturated rings. The summed E-state index contributed by atoms with van der Waals surface area (Å²) in [5, 5.41) is 3.59. The third kappa shape index (κ3) is 3.35. The maximum Gasteiger partial charge on any atom is 0.137 e. The van der Waals surface area contributed by atoms with Crippen LogP contribution < -0.4 is 15.0 Å². The monoisotopic (exact) mass is 249 g/mol. The lowest BCUT2D eigenvalue weighted by Gasteiger charge is -2.43. The topological polar surface area (TPSA) is 37.4 Å². The molecule has 18 heavy (non-hydrogen) atoms. The molecule has 0 amide bonds. The second-order valence-electron chi connectivity index (χ2n) is 5.78. The SMILES string of the molecule is CCOc1ccc(N2CC(NC(C)(C)C)C2)nc1. The van der Waals surface area contributed by atoms with E-state index in [1.165, 1.54) is 0 Å². The third-order valence-corrected chi connectivity index (χ3v) is 2.87. The van der Waals surface area contributed by atoms with Gasteiger partial charge in [0, 0.05) is 24.7 Å². The van der Waals surface area contributed by atoms with Gasteiger partial charge < -0.3 is 15.0 Å². The minimum atomic E-state index is 0.184. The maximum atomic E-state index is 5.39. The number of rotatable bonds is 4. The Bertz CT molecular complexity index is 377. The zero-order valence-electron chi connectivity index (χ0n) is 11.7. The second-order valence-corrected chi connectivity index (χ2v) is 5.78. The summed E-state index contributed by atoms with van der Waals surface area (Å²) in [6.07, 6.45) is 1.79. The predicted octanol–water partition coefficient (Wildman–Crippen LogP) is 2.06. The Morgan fingerprint density at radius 1 is 1.39 bits per heavy atom. The van der Waals surface area contributed by atoms with Crippen molar-refractivity contribution in [2.24, 2.45) is 0 Å². The molecule has 0 atom stereocenters. The first-order valence-electron chi connectivity index (χ1n) is 6.59. The molecule has 0 aliphatic carbocycles. The number of nitrogens with one attached hydrogen (secondary N) is 1. The molecule has 0 bridgehead atoms. The van der Waals surface area contributed by atoms with Crippen molar-refractivity contribution < 1.29 is 4.74 Å². The fraction of sp³-hybridized carbons (Fsp3) is 0.643. The molecular weight excluding hydrogens is 226 g/mol. The van der Waals surface area contributed by atoms with E-state index in [-0.39, 0.29) is 5.54 Å². The second kappa shape index (κ2) is 5.14. The van der Waals surface area contributed by atoms with Crippen LogP contribution in [0.5, 0.6) is 5.75 Å². The molecule has 4 heteroatoms. The highest BCUT2D eigenvalue weighted by Crippen LogP contribution is 2.21. The summed E-state index contributed by atoms with van der Waals surface area (Å²) in [6.45, 7) is 11.3. The van der Waals surface area contributed by atoms with Gasteiger partial charge in [0.1, 0.15) is 11.6 Å².